The van der Waals surface area contributed by atoms with Crippen LogP contribution in [0.25, 0.3) is 5.69 Å². The maximum atomic E-state index is 11.6. The molecule has 76 valence electrons. The molecule has 0 radical (unpaired) electrons. The van der Waals surface area contributed by atoms with E-state index in [4.69, 9.17) is 23.2 Å². The molecular formula is C10H6Cl2N2O. The molecule has 2 aromatic rings. The van der Waals surface area contributed by atoms with Crippen LogP contribution in [0.4, 0.5) is 0 Å². The Balaban J connectivity index is 2.65. The van der Waals surface area contributed by atoms with E-state index in [0.29, 0.717) is 5.69 Å². The highest BCUT2D eigenvalue weighted by molar-refractivity contribution is 6.41. The summed E-state index contributed by atoms with van der Waals surface area (Å²) in [6.07, 6.45) is 0. The van der Waals surface area contributed by atoms with Crippen molar-refractivity contribution in [2.45, 2.75) is 0 Å². The second kappa shape index (κ2) is 4.04. The fourth-order valence-electron chi connectivity index (χ4n) is 1.17. The summed E-state index contributed by atoms with van der Waals surface area (Å²) in [5.41, 5.74) is 0.344. The zero-order valence-corrected chi connectivity index (χ0v) is 9.03. The summed E-state index contributed by atoms with van der Waals surface area (Å²) in [7, 11) is 0. The van der Waals surface area contributed by atoms with Gasteiger partial charge in [-0.1, -0.05) is 41.4 Å². The number of aromatic nitrogens is 2. The van der Waals surface area contributed by atoms with Crippen LogP contribution in [0, 0.1) is 0 Å². The summed E-state index contributed by atoms with van der Waals surface area (Å²) in [4.78, 5) is 11.6. The molecule has 0 atom stereocenters. The van der Waals surface area contributed by atoms with Crippen molar-refractivity contribution in [2.75, 3.05) is 0 Å². The van der Waals surface area contributed by atoms with E-state index in [1.165, 1.54) is 10.7 Å². The molecule has 2 rings (SSSR count). The van der Waals surface area contributed by atoms with Crippen molar-refractivity contribution in [3.05, 3.63) is 56.9 Å². The number of rotatable bonds is 1. The Bertz CT molecular complexity index is 537. The van der Waals surface area contributed by atoms with Crippen molar-refractivity contribution in [3.63, 3.8) is 0 Å². The van der Waals surface area contributed by atoms with Crippen molar-refractivity contribution in [2.24, 2.45) is 0 Å². The van der Waals surface area contributed by atoms with E-state index in [-0.39, 0.29) is 15.7 Å². The minimum Gasteiger partial charge on any atom is -0.267 e. The largest absolute Gasteiger partial charge is 0.273 e. The van der Waals surface area contributed by atoms with E-state index in [2.05, 4.69) is 5.10 Å². The Labute approximate surface area is 95.9 Å². The molecule has 0 saturated heterocycles. The van der Waals surface area contributed by atoms with E-state index in [9.17, 15) is 4.79 Å². The molecule has 1 aromatic carbocycles. The van der Waals surface area contributed by atoms with Gasteiger partial charge in [0.05, 0.1) is 10.7 Å². The van der Waals surface area contributed by atoms with Crippen molar-refractivity contribution in [1.29, 1.82) is 0 Å². The predicted octanol–water partition coefficient (Wildman–Crippen LogP) is 2.54. The van der Waals surface area contributed by atoms with Gasteiger partial charge in [0.1, 0.15) is 0 Å². The van der Waals surface area contributed by atoms with E-state index < -0.39 is 0 Å². The second-order valence-electron chi connectivity index (χ2n) is 2.87. The van der Waals surface area contributed by atoms with Crippen molar-refractivity contribution in [1.82, 2.24) is 9.78 Å². The number of benzene rings is 1. The SMILES string of the molecule is O=c1cc(Cl)c(Cl)nn1-c1ccccc1. The highest BCUT2D eigenvalue weighted by Crippen LogP contribution is 2.16. The first kappa shape index (κ1) is 10.2. The molecule has 15 heavy (non-hydrogen) atoms. The normalized spacial score (nSPS) is 10.3. The Morgan fingerprint density at radius 1 is 1.13 bits per heavy atom. The first-order valence-corrected chi connectivity index (χ1v) is 4.95. The first-order chi connectivity index (χ1) is 7.18. The molecule has 0 fully saturated rings. The Morgan fingerprint density at radius 3 is 2.47 bits per heavy atom. The summed E-state index contributed by atoms with van der Waals surface area (Å²) in [5, 5.41) is 4.15. The fourth-order valence-corrected chi connectivity index (χ4v) is 1.43. The van der Waals surface area contributed by atoms with Crippen LogP contribution in [-0.4, -0.2) is 9.78 Å². The molecule has 0 spiro atoms. The standard InChI is InChI=1S/C10H6Cl2N2O/c11-8-6-9(15)14(13-10(8)12)7-4-2-1-3-5-7/h1-6H. The van der Waals surface area contributed by atoms with E-state index in [0.717, 1.165) is 0 Å². The van der Waals surface area contributed by atoms with Gasteiger partial charge in [-0.3, -0.25) is 4.79 Å². The highest BCUT2D eigenvalue weighted by Gasteiger charge is 2.05. The van der Waals surface area contributed by atoms with Gasteiger partial charge < -0.3 is 0 Å². The molecule has 0 aliphatic rings. The van der Waals surface area contributed by atoms with Crippen LogP contribution in [0.1, 0.15) is 0 Å². The number of halogens is 2. The summed E-state index contributed by atoms with van der Waals surface area (Å²) in [6, 6.07) is 10.2. The van der Waals surface area contributed by atoms with E-state index >= 15 is 0 Å². The topological polar surface area (TPSA) is 34.9 Å². The number of nitrogens with zero attached hydrogens (tertiary/aromatic N) is 2. The molecule has 0 saturated carbocycles. The van der Waals surface area contributed by atoms with Crippen LogP contribution in [0.3, 0.4) is 0 Å². The fraction of sp³-hybridized carbons (Fsp3) is 0. The molecule has 1 heterocycles. The van der Waals surface area contributed by atoms with Gasteiger partial charge in [-0.25, -0.2) is 0 Å². The van der Waals surface area contributed by atoms with Crippen molar-refractivity contribution >= 4 is 23.2 Å². The van der Waals surface area contributed by atoms with Gasteiger partial charge >= 0.3 is 0 Å². The van der Waals surface area contributed by atoms with Gasteiger partial charge in [-0.05, 0) is 12.1 Å². The first-order valence-electron chi connectivity index (χ1n) is 4.19. The molecule has 0 aliphatic carbocycles. The lowest BCUT2D eigenvalue weighted by Crippen LogP contribution is -2.20. The van der Waals surface area contributed by atoms with Crippen LogP contribution in [0.2, 0.25) is 10.2 Å². The Hall–Kier alpha value is -1.32. The minimum atomic E-state index is -0.310. The maximum absolute atomic E-state index is 11.6. The van der Waals surface area contributed by atoms with Crippen LogP contribution in [0.5, 0.6) is 0 Å². The second-order valence-corrected chi connectivity index (χ2v) is 3.63. The van der Waals surface area contributed by atoms with Gasteiger partial charge in [0.25, 0.3) is 5.56 Å². The predicted molar refractivity (Wildman–Crippen MR) is 59.9 cm³/mol. The van der Waals surface area contributed by atoms with Gasteiger partial charge in [-0.2, -0.15) is 9.78 Å². The molecule has 0 N–H and O–H groups in total. The number of hydrogen-bond acceptors (Lipinski definition) is 2. The lowest BCUT2D eigenvalue weighted by Gasteiger charge is -2.04. The van der Waals surface area contributed by atoms with E-state index in [1.807, 2.05) is 18.2 Å². The van der Waals surface area contributed by atoms with Crippen LogP contribution in [0.15, 0.2) is 41.2 Å². The Morgan fingerprint density at radius 2 is 1.80 bits per heavy atom. The molecule has 3 nitrogen and oxygen atoms in total. The lowest BCUT2D eigenvalue weighted by atomic mass is 10.3. The molecule has 0 unspecified atom stereocenters. The third kappa shape index (κ3) is 2.03. The Kier molecular flexibility index (Phi) is 2.75. The molecular weight excluding hydrogens is 235 g/mol. The van der Waals surface area contributed by atoms with Gasteiger partial charge in [0.15, 0.2) is 5.15 Å². The van der Waals surface area contributed by atoms with Gasteiger partial charge in [0.2, 0.25) is 0 Å². The number of para-hydroxylation sites is 1. The molecule has 0 bridgehead atoms. The summed E-state index contributed by atoms with van der Waals surface area (Å²) in [6.45, 7) is 0. The zero-order valence-electron chi connectivity index (χ0n) is 7.52. The quantitative estimate of drug-likeness (QED) is 0.768. The average molecular weight is 241 g/mol. The summed E-state index contributed by atoms with van der Waals surface area (Å²) in [5.74, 6) is 0. The monoisotopic (exact) mass is 240 g/mol. The van der Waals surface area contributed by atoms with Crippen LogP contribution >= 0.6 is 23.2 Å². The van der Waals surface area contributed by atoms with Gasteiger partial charge in [-0.15, -0.1) is 0 Å². The molecule has 1 aromatic heterocycles. The summed E-state index contributed by atoms with van der Waals surface area (Å²) >= 11 is 11.4. The van der Waals surface area contributed by atoms with Crippen LogP contribution in [-0.2, 0) is 0 Å². The average Bonchev–Trinajstić information content (AvgIpc) is 2.25. The summed E-state index contributed by atoms with van der Waals surface area (Å²) < 4.78 is 1.20. The lowest BCUT2D eigenvalue weighted by molar-refractivity contribution is 0.808. The molecule has 0 amide bonds. The smallest absolute Gasteiger partial charge is 0.267 e. The molecule has 0 aliphatic heterocycles. The third-order valence-electron chi connectivity index (χ3n) is 1.84. The third-order valence-corrected chi connectivity index (χ3v) is 2.51. The van der Waals surface area contributed by atoms with Gasteiger partial charge in [0, 0.05) is 6.07 Å². The van der Waals surface area contributed by atoms with Crippen LogP contribution < -0.4 is 5.56 Å². The van der Waals surface area contributed by atoms with Crippen molar-refractivity contribution < 1.29 is 0 Å². The minimum absolute atomic E-state index is 0.111. The van der Waals surface area contributed by atoms with Crippen molar-refractivity contribution in [3.8, 4) is 5.69 Å². The number of hydrogen-bond donors (Lipinski definition) is 0. The highest BCUT2D eigenvalue weighted by atomic mass is 35.5. The van der Waals surface area contributed by atoms with E-state index in [1.54, 1.807) is 12.1 Å². The maximum Gasteiger partial charge on any atom is 0.273 e. The zero-order chi connectivity index (χ0) is 10.8. The molecule has 5 heteroatoms.